The van der Waals surface area contributed by atoms with Crippen LogP contribution in [0.1, 0.15) is 20.8 Å². The van der Waals surface area contributed by atoms with Crippen LogP contribution in [0, 0.1) is 13.8 Å². The Balaban J connectivity index is 2.06. The van der Waals surface area contributed by atoms with E-state index in [0.717, 1.165) is 16.8 Å². The molecule has 4 heteroatoms. The summed E-state index contributed by atoms with van der Waals surface area (Å²) >= 11 is 7.13. The first-order chi connectivity index (χ1) is 8.58. The Morgan fingerprint density at radius 1 is 1.22 bits per heavy atom. The van der Waals surface area contributed by atoms with Crippen molar-refractivity contribution in [2.75, 3.05) is 11.9 Å². The number of aryl methyl sites for hydroxylation is 2. The summed E-state index contributed by atoms with van der Waals surface area (Å²) in [6.45, 7) is 4.35. The summed E-state index contributed by atoms with van der Waals surface area (Å²) in [7, 11) is 0. The Labute approximate surface area is 116 Å². The molecule has 0 aliphatic heterocycles. The second kappa shape index (κ2) is 5.55. The highest BCUT2D eigenvalue weighted by Gasteiger charge is 2.09. The highest BCUT2D eigenvalue weighted by atomic mass is 35.5. The van der Waals surface area contributed by atoms with Crippen LogP contribution in [0.2, 0.25) is 4.34 Å². The molecule has 0 saturated carbocycles. The molecule has 0 radical (unpaired) electrons. The molecule has 0 fully saturated rings. The summed E-state index contributed by atoms with van der Waals surface area (Å²) in [6, 6.07) is 9.58. The van der Waals surface area contributed by atoms with E-state index < -0.39 is 0 Å². The van der Waals surface area contributed by atoms with Crippen LogP contribution in [0.15, 0.2) is 30.3 Å². The fourth-order valence-corrected chi connectivity index (χ4v) is 2.79. The number of nitrogens with one attached hydrogen (secondary N) is 1. The molecule has 1 heterocycles. The van der Waals surface area contributed by atoms with E-state index in [-0.39, 0.29) is 5.78 Å². The lowest BCUT2D eigenvalue weighted by Crippen LogP contribution is -2.14. The second-order valence-corrected chi connectivity index (χ2v) is 5.86. The zero-order valence-electron chi connectivity index (χ0n) is 10.3. The van der Waals surface area contributed by atoms with Crippen LogP contribution in [-0.2, 0) is 0 Å². The van der Waals surface area contributed by atoms with E-state index in [0.29, 0.717) is 15.8 Å². The second-order valence-electron chi connectivity index (χ2n) is 4.15. The van der Waals surface area contributed by atoms with Crippen molar-refractivity contribution in [3.8, 4) is 0 Å². The summed E-state index contributed by atoms with van der Waals surface area (Å²) in [5.74, 6) is 0.0644. The van der Waals surface area contributed by atoms with Crippen molar-refractivity contribution >= 4 is 34.4 Å². The van der Waals surface area contributed by atoms with Gasteiger partial charge in [0.2, 0.25) is 0 Å². The lowest BCUT2D eigenvalue weighted by Gasteiger charge is -2.11. The van der Waals surface area contributed by atoms with E-state index in [9.17, 15) is 4.79 Å². The molecule has 2 aromatic rings. The van der Waals surface area contributed by atoms with Crippen molar-refractivity contribution in [3.63, 3.8) is 0 Å². The normalized spacial score (nSPS) is 10.4. The third-order valence-corrected chi connectivity index (χ3v) is 4.03. The van der Waals surface area contributed by atoms with Crippen molar-refractivity contribution in [1.29, 1.82) is 0 Å². The smallest absolute Gasteiger partial charge is 0.191 e. The number of carbonyl (C=O) groups excluding carboxylic acids is 1. The van der Waals surface area contributed by atoms with Crippen LogP contribution in [0.3, 0.4) is 0 Å². The van der Waals surface area contributed by atoms with Gasteiger partial charge in [0.1, 0.15) is 0 Å². The van der Waals surface area contributed by atoms with Gasteiger partial charge in [0.15, 0.2) is 5.78 Å². The zero-order chi connectivity index (χ0) is 13.1. The third kappa shape index (κ3) is 2.92. The average molecular weight is 280 g/mol. The maximum Gasteiger partial charge on any atom is 0.191 e. The summed E-state index contributed by atoms with van der Waals surface area (Å²) in [4.78, 5) is 12.6. The molecule has 0 aliphatic rings. The fourth-order valence-electron chi connectivity index (χ4n) is 1.81. The number of rotatable bonds is 4. The summed E-state index contributed by atoms with van der Waals surface area (Å²) in [5, 5.41) is 3.20. The first kappa shape index (κ1) is 13.1. The summed E-state index contributed by atoms with van der Waals surface area (Å²) in [6.07, 6.45) is 0. The van der Waals surface area contributed by atoms with Gasteiger partial charge in [-0.15, -0.1) is 11.3 Å². The summed E-state index contributed by atoms with van der Waals surface area (Å²) in [5.41, 5.74) is 3.33. The first-order valence-electron chi connectivity index (χ1n) is 5.66. The maximum atomic E-state index is 11.9. The molecule has 2 nitrogen and oxygen atoms in total. The van der Waals surface area contributed by atoms with E-state index in [1.54, 1.807) is 12.1 Å². The number of thiophene rings is 1. The van der Waals surface area contributed by atoms with Crippen LogP contribution < -0.4 is 5.32 Å². The quantitative estimate of drug-likeness (QED) is 0.845. The van der Waals surface area contributed by atoms with Gasteiger partial charge in [-0.2, -0.15) is 0 Å². The molecule has 0 amide bonds. The molecule has 1 aromatic heterocycles. The Morgan fingerprint density at radius 3 is 2.44 bits per heavy atom. The predicted molar refractivity (Wildman–Crippen MR) is 78.1 cm³/mol. The molecule has 94 valence electrons. The Kier molecular flexibility index (Phi) is 4.04. The number of Topliss-reactive ketones (excluding diaryl/α,β-unsaturated/α-hetero) is 1. The van der Waals surface area contributed by atoms with Crippen LogP contribution in [0.4, 0.5) is 5.69 Å². The van der Waals surface area contributed by atoms with Gasteiger partial charge in [0.05, 0.1) is 15.8 Å². The van der Waals surface area contributed by atoms with E-state index in [4.69, 9.17) is 11.6 Å². The van der Waals surface area contributed by atoms with Gasteiger partial charge in [-0.1, -0.05) is 29.8 Å². The van der Waals surface area contributed by atoms with Crippen molar-refractivity contribution in [1.82, 2.24) is 0 Å². The summed E-state index contributed by atoms with van der Waals surface area (Å²) < 4.78 is 0.644. The minimum absolute atomic E-state index is 0.0644. The fraction of sp³-hybridized carbons (Fsp3) is 0.214. The van der Waals surface area contributed by atoms with E-state index in [1.807, 2.05) is 32.0 Å². The lowest BCUT2D eigenvalue weighted by molar-refractivity contribution is 0.101. The molecule has 0 aliphatic carbocycles. The number of para-hydroxylation sites is 1. The monoisotopic (exact) mass is 279 g/mol. The van der Waals surface area contributed by atoms with Gasteiger partial charge in [0.25, 0.3) is 0 Å². The lowest BCUT2D eigenvalue weighted by atomic mass is 10.1. The minimum atomic E-state index is 0.0644. The third-order valence-electron chi connectivity index (χ3n) is 2.75. The SMILES string of the molecule is Cc1cccc(C)c1NCC(=O)c1ccc(Cl)s1. The van der Waals surface area contributed by atoms with Crippen LogP contribution in [0.25, 0.3) is 0 Å². The Hall–Kier alpha value is -1.32. The van der Waals surface area contributed by atoms with Gasteiger partial charge < -0.3 is 5.32 Å². The van der Waals surface area contributed by atoms with Gasteiger partial charge in [-0.25, -0.2) is 0 Å². The average Bonchev–Trinajstić information content (AvgIpc) is 2.75. The highest BCUT2D eigenvalue weighted by Crippen LogP contribution is 2.23. The first-order valence-corrected chi connectivity index (χ1v) is 6.86. The van der Waals surface area contributed by atoms with Crippen molar-refractivity contribution in [2.24, 2.45) is 0 Å². The van der Waals surface area contributed by atoms with Gasteiger partial charge in [0, 0.05) is 5.69 Å². The number of halogens is 1. The van der Waals surface area contributed by atoms with Crippen LogP contribution in [-0.4, -0.2) is 12.3 Å². The molecule has 0 spiro atoms. The maximum absolute atomic E-state index is 11.9. The number of ketones is 1. The van der Waals surface area contributed by atoms with E-state index in [2.05, 4.69) is 5.32 Å². The van der Waals surface area contributed by atoms with Crippen molar-refractivity contribution < 1.29 is 4.79 Å². The van der Waals surface area contributed by atoms with E-state index >= 15 is 0 Å². The number of hydrogen-bond acceptors (Lipinski definition) is 3. The number of carbonyl (C=O) groups is 1. The Morgan fingerprint density at radius 2 is 1.89 bits per heavy atom. The molecule has 18 heavy (non-hydrogen) atoms. The molecule has 0 bridgehead atoms. The molecular weight excluding hydrogens is 266 g/mol. The van der Waals surface area contributed by atoms with Crippen LogP contribution in [0.5, 0.6) is 0 Å². The molecular formula is C14H14ClNOS. The van der Waals surface area contributed by atoms with Crippen LogP contribution >= 0.6 is 22.9 Å². The molecule has 2 rings (SSSR count). The number of benzene rings is 1. The molecule has 1 aromatic carbocycles. The highest BCUT2D eigenvalue weighted by molar-refractivity contribution is 7.18. The van der Waals surface area contributed by atoms with Crippen molar-refractivity contribution in [2.45, 2.75) is 13.8 Å². The molecule has 0 saturated heterocycles. The molecule has 1 N–H and O–H groups in total. The van der Waals surface area contributed by atoms with E-state index in [1.165, 1.54) is 11.3 Å². The molecule has 0 atom stereocenters. The minimum Gasteiger partial charge on any atom is -0.377 e. The standard InChI is InChI=1S/C14H14ClNOS/c1-9-4-3-5-10(2)14(9)16-8-11(17)12-6-7-13(15)18-12/h3-7,16H,8H2,1-2H3. The largest absolute Gasteiger partial charge is 0.377 e. The molecule has 0 unspecified atom stereocenters. The van der Waals surface area contributed by atoms with Gasteiger partial charge in [-0.05, 0) is 37.1 Å². The number of hydrogen-bond donors (Lipinski definition) is 1. The Bertz CT molecular complexity index is 557. The topological polar surface area (TPSA) is 29.1 Å². The number of anilines is 1. The van der Waals surface area contributed by atoms with Crippen molar-refractivity contribution in [3.05, 3.63) is 50.7 Å². The zero-order valence-corrected chi connectivity index (χ0v) is 11.9. The van der Waals surface area contributed by atoms with Gasteiger partial charge >= 0.3 is 0 Å². The predicted octanol–water partition coefficient (Wildman–Crippen LogP) is 4.31. The van der Waals surface area contributed by atoms with Gasteiger partial charge in [-0.3, -0.25) is 4.79 Å².